The van der Waals surface area contributed by atoms with Crippen LogP contribution >= 0.6 is 23.1 Å². The predicted octanol–water partition coefficient (Wildman–Crippen LogP) is 2.67. The highest BCUT2D eigenvalue weighted by atomic mass is 32.2. The lowest BCUT2D eigenvalue weighted by molar-refractivity contribution is 0.121. The van der Waals surface area contributed by atoms with Crippen molar-refractivity contribution >= 4 is 23.1 Å². The van der Waals surface area contributed by atoms with E-state index in [1.807, 2.05) is 12.4 Å². The SMILES string of the molecule is CCSc1ncc(CN2CCN(Cc3csc(C)n3)CC2)cn1. The van der Waals surface area contributed by atoms with E-state index in [4.69, 9.17) is 0 Å². The Balaban J connectivity index is 1.45. The molecule has 3 heterocycles. The highest BCUT2D eigenvalue weighted by Gasteiger charge is 2.18. The van der Waals surface area contributed by atoms with E-state index in [0.29, 0.717) is 0 Å². The minimum Gasteiger partial charge on any atom is -0.296 e. The van der Waals surface area contributed by atoms with Gasteiger partial charge in [0, 0.05) is 62.6 Å². The fraction of sp³-hybridized carbons (Fsp3) is 0.562. The fourth-order valence-electron chi connectivity index (χ4n) is 2.70. The average Bonchev–Trinajstić information content (AvgIpc) is 2.96. The van der Waals surface area contributed by atoms with Crippen LogP contribution in [0.15, 0.2) is 22.9 Å². The standard InChI is InChI=1S/C16H23N5S2/c1-3-22-16-17-8-14(9-18-16)10-20-4-6-21(7-5-20)11-15-12-23-13(2)19-15/h8-9,12H,3-7,10-11H2,1-2H3. The molecule has 0 saturated carbocycles. The molecule has 23 heavy (non-hydrogen) atoms. The second-order valence-electron chi connectivity index (χ2n) is 5.72. The molecule has 0 aliphatic carbocycles. The number of piperazine rings is 1. The highest BCUT2D eigenvalue weighted by Crippen LogP contribution is 2.14. The smallest absolute Gasteiger partial charge is 0.187 e. The van der Waals surface area contributed by atoms with Gasteiger partial charge in [-0.2, -0.15) is 0 Å². The van der Waals surface area contributed by atoms with Gasteiger partial charge in [-0.25, -0.2) is 15.0 Å². The van der Waals surface area contributed by atoms with Gasteiger partial charge in [0.05, 0.1) is 10.7 Å². The second kappa shape index (κ2) is 8.19. The third kappa shape index (κ3) is 4.97. The van der Waals surface area contributed by atoms with Gasteiger partial charge in [-0.15, -0.1) is 11.3 Å². The molecule has 2 aromatic heterocycles. The third-order valence-electron chi connectivity index (χ3n) is 3.88. The predicted molar refractivity (Wildman–Crippen MR) is 95.8 cm³/mol. The molecule has 3 rings (SSSR count). The first-order valence-corrected chi connectivity index (χ1v) is 9.89. The molecule has 0 spiro atoms. The van der Waals surface area contributed by atoms with E-state index >= 15 is 0 Å². The zero-order valence-electron chi connectivity index (χ0n) is 13.7. The van der Waals surface area contributed by atoms with Crippen LogP contribution in [0.25, 0.3) is 0 Å². The second-order valence-corrected chi connectivity index (χ2v) is 8.01. The van der Waals surface area contributed by atoms with Gasteiger partial charge in [-0.05, 0) is 12.7 Å². The summed E-state index contributed by atoms with van der Waals surface area (Å²) in [7, 11) is 0. The zero-order chi connectivity index (χ0) is 16.1. The zero-order valence-corrected chi connectivity index (χ0v) is 15.4. The molecule has 0 bridgehead atoms. The van der Waals surface area contributed by atoms with Gasteiger partial charge >= 0.3 is 0 Å². The molecular formula is C16H23N5S2. The van der Waals surface area contributed by atoms with Crippen LogP contribution < -0.4 is 0 Å². The van der Waals surface area contributed by atoms with E-state index < -0.39 is 0 Å². The van der Waals surface area contributed by atoms with Gasteiger partial charge in [0.2, 0.25) is 0 Å². The number of hydrogen-bond acceptors (Lipinski definition) is 7. The van der Waals surface area contributed by atoms with Crippen molar-refractivity contribution in [1.82, 2.24) is 24.8 Å². The number of hydrogen-bond donors (Lipinski definition) is 0. The molecule has 0 unspecified atom stereocenters. The molecular weight excluding hydrogens is 326 g/mol. The Bertz CT molecular complexity index is 605. The third-order valence-corrected chi connectivity index (χ3v) is 5.46. The number of rotatable bonds is 6. The lowest BCUT2D eigenvalue weighted by atomic mass is 10.2. The van der Waals surface area contributed by atoms with Crippen molar-refractivity contribution in [1.29, 1.82) is 0 Å². The molecule has 1 aliphatic heterocycles. The van der Waals surface area contributed by atoms with Gasteiger partial charge in [0.15, 0.2) is 5.16 Å². The summed E-state index contributed by atoms with van der Waals surface area (Å²) in [5.74, 6) is 1.01. The van der Waals surface area contributed by atoms with Crippen molar-refractivity contribution in [3.8, 4) is 0 Å². The minimum atomic E-state index is 0.875. The van der Waals surface area contributed by atoms with E-state index in [2.05, 4.69) is 44.0 Å². The lowest BCUT2D eigenvalue weighted by Crippen LogP contribution is -2.45. The van der Waals surface area contributed by atoms with Crippen LogP contribution in [-0.4, -0.2) is 56.7 Å². The Morgan fingerprint density at radius 1 is 1.09 bits per heavy atom. The van der Waals surface area contributed by atoms with Crippen molar-refractivity contribution < 1.29 is 0 Å². The van der Waals surface area contributed by atoms with Crippen molar-refractivity contribution in [3.05, 3.63) is 34.0 Å². The van der Waals surface area contributed by atoms with E-state index in [9.17, 15) is 0 Å². The summed E-state index contributed by atoms with van der Waals surface area (Å²) in [4.78, 5) is 18.4. The summed E-state index contributed by atoms with van der Waals surface area (Å²) in [6.45, 7) is 10.5. The highest BCUT2D eigenvalue weighted by molar-refractivity contribution is 7.99. The molecule has 0 N–H and O–H groups in total. The average molecular weight is 350 g/mol. The number of aryl methyl sites for hydroxylation is 1. The van der Waals surface area contributed by atoms with Crippen LogP contribution in [0, 0.1) is 6.92 Å². The topological polar surface area (TPSA) is 45.2 Å². The fourth-order valence-corrected chi connectivity index (χ4v) is 3.82. The minimum absolute atomic E-state index is 0.875. The molecule has 0 aromatic carbocycles. The van der Waals surface area contributed by atoms with Crippen molar-refractivity contribution in [2.75, 3.05) is 31.9 Å². The molecule has 7 heteroatoms. The molecule has 0 amide bonds. The summed E-state index contributed by atoms with van der Waals surface area (Å²) in [6, 6.07) is 0. The Labute approximate surface area is 146 Å². The van der Waals surface area contributed by atoms with Crippen LogP contribution in [0.4, 0.5) is 0 Å². The monoisotopic (exact) mass is 349 g/mol. The molecule has 1 fully saturated rings. The lowest BCUT2D eigenvalue weighted by Gasteiger charge is -2.34. The molecule has 5 nitrogen and oxygen atoms in total. The molecule has 0 radical (unpaired) electrons. The van der Waals surface area contributed by atoms with Gasteiger partial charge in [0.25, 0.3) is 0 Å². The molecule has 2 aromatic rings. The van der Waals surface area contributed by atoms with E-state index in [0.717, 1.165) is 55.2 Å². The van der Waals surface area contributed by atoms with Crippen molar-refractivity contribution in [2.24, 2.45) is 0 Å². The van der Waals surface area contributed by atoms with Gasteiger partial charge < -0.3 is 0 Å². The first-order valence-electron chi connectivity index (χ1n) is 8.02. The number of thioether (sulfide) groups is 1. The Morgan fingerprint density at radius 3 is 2.30 bits per heavy atom. The maximum absolute atomic E-state index is 4.56. The van der Waals surface area contributed by atoms with Crippen LogP contribution in [0.1, 0.15) is 23.2 Å². The number of aromatic nitrogens is 3. The maximum atomic E-state index is 4.56. The number of nitrogens with zero attached hydrogens (tertiary/aromatic N) is 5. The van der Waals surface area contributed by atoms with Crippen LogP contribution in [0.5, 0.6) is 0 Å². The summed E-state index contributed by atoms with van der Waals surface area (Å²) in [6.07, 6.45) is 3.94. The summed E-state index contributed by atoms with van der Waals surface area (Å²) < 4.78 is 0. The van der Waals surface area contributed by atoms with Crippen LogP contribution in [0.3, 0.4) is 0 Å². The number of thiazole rings is 1. The summed E-state index contributed by atoms with van der Waals surface area (Å²) in [5, 5.41) is 4.21. The Hall–Kier alpha value is -1.02. The normalized spacial score (nSPS) is 16.8. The van der Waals surface area contributed by atoms with Crippen molar-refractivity contribution in [2.45, 2.75) is 32.1 Å². The largest absolute Gasteiger partial charge is 0.296 e. The van der Waals surface area contributed by atoms with E-state index in [1.54, 1.807) is 23.1 Å². The molecule has 1 aliphatic rings. The van der Waals surface area contributed by atoms with Crippen LogP contribution in [-0.2, 0) is 13.1 Å². The van der Waals surface area contributed by atoms with Gasteiger partial charge in [-0.1, -0.05) is 18.7 Å². The van der Waals surface area contributed by atoms with Crippen molar-refractivity contribution in [3.63, 3.8) is 0 Å². The summed E-state index contributed by atoms with van der Waals surface area (Å²) >= 11 is 3.42. The first-order chi connectivity index (χ1) is 11.2. The van der Waals surface area contributed by atoms with Gasteiger partial charge in [-0.3, -0.25) is 9.80 Å². The van der Waals surface area contributed by atoms with E-state index in [1.165, 1.54) is 11.3 Å². The first kappa shape index (κ1) is 16.8. The molecule has 124 valence electrons. The Morgan fingerprint density at radius 2 is 1.74 bits per heavy atom. The summed E-state index contributed by atoms with van der Waals surface area (Å²) in [5.41, 5.74) is 2.41. The Kier molecular flexibility index (Phi) is 5.99. The maximum Gasteiger partial charge on any atom is 0.187 e. The molecule has 1 saturated heterocycles. The van der Waals surface area contributed by atoms with E-state index in [-0.39, 0.29) is 0 Å². The van der Waals surface area contributed by atoms with Gasteiger partial charge in [0.1, 0.15) is 0 Å². The molecule has 0 atom stereocenters. The van der Waals surface area contributed by atoms with Crippen LogP contribution in [0.2, 0.25) is 0 Å². The quantitative estimate of drug-likeness (QED) is 0.590.